The average Bonchev–Trinajstić information content (AvgIpc) is 3.43. The summed E-state index contributed by atoms with van der Waals surface area (Å²) >= 11 is 1.58. The summed E-state index contributed by atoms with van der Waals surface area (Å²) < 4.78 is 0. The zero-order valence-electron chi connectivity index (χ0n) is 20.4. The van der Waals surface area contributed by atoms with Crippen molar-refractivity contribution in [2.45, 2.75) is 38.0 Å². The highest BCUT2D eigenvalue weighted by molar-refractivity contribution is 7.09. The Morgan fingerprint density at radius 2 is 1.50 bits per heavy atom. The van der Waals surface area contributed by atoms with Gasteiger partial charge in [0.15, 0.2) is 0 Å². The van der Waals surface area contributed by atoms with Gasteiger partial charge in [-0.05, 0) is 55.7 Å². The molecule has 184 valence electrons. The van der Waals surface area contributed by atoms with Crippen molar-refractivity contribution in [2.75, 3.05) is 26.2 Å². The number of nitrogens with zero attached hydrogens (tertiary/aromatic N) is 3. The molecule has 2 saturated heterocycles. The number of aromatic nitrogens is 1. The van der Waals surface area contributed by atoms with Gasteiger partial charge in [0.2, 0.25) is 0 Å². The molecule has 0 spiro atoms. The number of amides is 2. The molecule has 0 radical (unpaired) electrons. The molecule has 5 nitrogen and oxygen atoms in total. The molecule has 3 heterocycles. The third-order valence-electron chi connectivity index (χ3n) is 7.23. The summed E-state index contributed by atoms with van der Waals surface area (Å²) in [4.78, 5) is 34.1. The molecule has 2 aromatic carbocycles. The molecule has 3 aromatic rings. The van der Waals surface area contributed by atoms with Crippen LogP contribution in [0.1, 0.15) is 58.2 Å². The quantitative estimate of drug-likeness (QED) is 0.477. The molecule has 0 unspecified atom stereocenters. The minimum atomic E-state index is -0.122. The number of hydrogen-bond acceptors (Lipinski definition) is 4. The Bertz CT molecular complexity index is 1230. The summed E-state index contributed by atoms with van der Waals surface area (Å²) in [5, 5.41) is 2.93. The maximum Gasteiger partial charge on any atom is 0.298 e. The molecule has 36 heavy (non-hydrogen) atoms. The van der Waals surface area contributed by atoms with Gasteiger partial charge in [0.1, 0.15) is 5.69 Å². The van der Waals surface area contributed by atoms with E-state index in [9.17, 15) is 9.59 Å². The number of likely N-dealkylation sites (tertiary alicyclic amines) is 2. The van der Waals surface area contributed by atoms with Crippen molar-refractivity contribution in [3.63, 3.8) is 0 Å². The van der Waals surface area contributed by atoms with E-state index in [0.29, 0.717) is 30.6 Å². The van der Waals surface area contributed by atoms with Crippen LogP contribution in [0.5, 0.6) is 0 Å². The smallest absolute Gasteiger partial charge is 0.298 e. The zero-order chi connectivity index (χ0) is 24.7. The summed E-state index contributed by atoms with van der Waals surface area (Å²) in [6, 6.07) is 20.2. The van der Waals surface area contributed by atoms with Gasteiger partial charge in [-0.3, -0.25) is 9.59 Å². The Labute approximate surface area is 217 Å². The first kappa shape index (κ1) is 24.3. The van der Waals surface area contributed by atoms with Crippen LogP contribution in [-0.2, 0) is 11.2 Å². The summed E-state index contributed by atoms with van der Waals surface area (Å²) in [6.07, 6.45) is 4.87. The third-order valence-corrected chi connectivity index (χ3v) is 8.24. The fraction of sp³-hybridized carbons (Fsp3) is 0.367. The lowest BCUT2D eigenvalue weighted by atomic mass is 9.90. The van der Waals surface area contributed by atoms with E-state index in [0.717, 1.165) is 55.8 Å². The monoisotopic (exact) mass is 497 g/mol. The van der Waals surface area contributed by atoms with Crippen molar-refractivity contribution in [1.29, 1.82) is 0 Å². The number of rotatable bonds is 4. The van der Waals surface area contributed by atoms with E-state index in [1.165, 1.54) is 5.56 Å². The van der Waals surface area contributed by atoms with Gasteiger partial charge in [0, 0.05) is 49.0 Å². The second kappa shape index (κ2) is 11.5. The van der Waals surface area contributed by atoms with E-state index in [4.69, 9.17) is 4.98 Å². The average molecular weight is 498 g/mol. The summed E-state index contributed by atoms with van der Waals surface area (Å²) in [6.45, 7) is 2.94. The van der Waals surface area contributed by atoms with Gasteiger partial charge in [-0.25, -0.2) is 4.98 Å². The highest BCUT2D eigenvalue weighted by Gasteiger charge is 2.28. The minimum absolute atomic E-state index is 0.0551. The van der Waals surface area contributed by atoms with Crippen molar-refractivity contribution in [1.82, 2.24) is 14.8 Å². The Morgan fingerprint density at radius 3 is 2.19 bits per heavy atom. The molecule has 0 atom stereocenters. The Morgan fingerprint density at radius 1 is 0.861 bits per heavy atom. The standard InChI is InChI=1S/C30H31N3O2S/c34-28(12-11-23-7-3-1-4-8-23)32-19-15-26(16-20-32)29-31-27(22-36-29)30(35)33-17-13-25(14-18-33)21-24-9-5-2-6-10-24/h1-10,22,25-26H,13-21H2. The number of carbonyl (C=O) groups excluding carboxylic acids is 2. The van der Waals surface area contributed by atoms with Gasteiger partial charge >= 0.3 is 0 Å². The fourth-order valence-corrected chi connectivity index (χ4v) is 6.04. The molecule has 2 amide bonds. The Kier molecular flexibility index (Phi) is 7.78. The Hall–Kier alpha value is -3.43. The number of thiazole rings is 1. The number of carbonyl (C=O) groups is 2. The lowest BCUT2D eigenvalue weighted by Crippen LogP contribution is -2.39. The van der Waals surface area contributed by atoms with Crippen LogP contribution in [0.2, 0.25) is 0 Å². The molecular formula is C30H31N3O2S. The fourth-order valence-electron chi connectivity index (χ4n) is 5.08. The summed E-state index contributed by atoms with van der Waals surface area (Å²) in [5.74, 6) is 6.58. The van der Waals surface area contributed by atoms with Crippen molar-refractivity contribution < 1.29 is 9.59 Å². The van der Waals surface area contributed by atoms with E-state index in [2.05, 4.69) is 42.2 Å². The number of hydrogen-bond donors (Lipinski definition) is 0. The predicted molar refractivity (Wildman–Crippen MR) is 143 cm³/mol. The van der Waals surface area contributed by atoms with E-state index in [-0.39, 0.29) is 11.8 Å². The van der Waals surface area contributed by atoms with Gasteiger partial charge in [0.05, 0.1) is 5.01 Å². The molecule has 2 aliphatic heterocycles. The van der Waals surface area contributed by atoms with Gasteiger partial charge in [-0.1, -0.05) is 54.5 Å². The molecule has 0 N–H and O–H groups in total. The van der Waals surface area contributed by atoms with Crippen molar-refractivity contribution in [2.24, 2.45) is 5.92 Å². The van der Waals surface area contributed by atoms with Crippen molar-refractivity contribution in [3.8, 4) is 11.8 Å². The molecular weight excluding hydrogens is 466 g/mol. The van der Waals surface area contributed by atoms with Crippen molar-refractivity contribution in [3.05, 3.63) is 87.9 Å². The maximum absolute atomic E-state index is 13.1. The molecule has 0 saturated carbocycles. The SMILES string of the molecule is O=C(C#Cc1ccccc1)N1CCC(c2nc(C(=O)N3CCC(Cc4ccccc4)CC3)cs2)CC1. The first-order valence-corrected chi connectivity index (χ1v) is 13.7. The lowest BCUT2D eigenvalue weighted by molar-refractivity contribution is -0.126. The third kappa shape index (κ3) is 6.03. The van der Waals surface area contributed by atoms with Crippen LogP contribution in [0.3, 0.4) is 0 Å². The molecule has 6 heteroatoms. The normalized spacial score (nSPS) is 16.9. The maximum atomic E-state index is 13.1. The van der Waals surface area contributed by atoms with Crippen LogP contribution in [0.25, 0.3) is 0 Å². The molecule has 2 fully saturated rings. The topological polar surface area (TPSA) is 53.5 Å². The highest BCUT2D eigenvalue weighted by Crippen LogP contribution is 2.31. The van der Waals surface area contributed by atoms with Crippen LogP contribution in [0.4, 0.5) is 0 Å². The van der Waals surface area contributed by atoms with E-state index >= 15 is 0 Å². The summed E-state index contributed by atoms with van der Waals surface area (Å²) in [5.41, 5.74) is 2.80. The second-order valence-electron chi connectivity index (χ2n) is 9.68. The molecule has 5 rings (SSSR count). The minimum Gasteiger partial charge on any atom is -0.337 e. The molecule has 1 aromatic heterocycles. The van der Waals surface area contributed by atoms with Crippen LogP contribution < -0.4 is 0 Å². The lowest BCUT2D eigenvalue weighted by Gasteiger charge is -2.31. The van der Waals surface area contributed by atoms with Crippen molar-refractivity contribution >= 4 is 23.2 Å². The number of piperidine rings is 2. The van der Waals surface area contributed by atoms with Crippen LogP contribution in [0.15, 0.2) is 66.0 Å². The van der Waals surface area contributed by atoms with E-state index < -0.39 is 0 Å². The van der Waals surface area contributed by atoms with Gasteiger partial charge in [-0.2, -0.15) is 0 Å². The van der Waals surface area contributed by atoms with E-state index in [1.807, 2.05) is 45.5 Å². The molecule has 2 aliphatic rings. The second-order valence-corrected chi connectivity index (χ2v) is 10.6. The van der Waals surface area contributed by atoms with Crippen LogP contribution >= 0.6 is 11.3 Å². The van der Waals surface area contributed by atoms with Gasteiger partial charge in [0.25, 0.3) is 11.8 Å². The first-order chi connectivity index (χ1) is 17.7. The highest BCUT2D eigenvalue weighted by atomic mass is 32.1. The largest absolute Gasteiger partial charge is 0.337 e. The zero-order valence-corrected chi connectivity index (χ0v) is 21.3. The molecule has 0 bridgehead atoms. The van der Waals surface area contributed by atoms with Gasteiger partial charge < -0.3 is 9.80 Å². The predicted octanol–water partition coefficient (Wildman–Crippen LogP) is 5.00. The number of benzene rings is 2. The Balaban J connectivity index is 1.10. The van der Waals surface area contributed by atoms with Crippen LogP contribution in [-0.4, -0.2) is 52.8 Å². The van der Waals surface area contributed by atoms with Gasteiger partial charge in [-0.15, -0.1) is 11.3 Å². The summed E-state index contributed by atoms with van der Waals surface area (Å²) in [7, 11) is 0. The first-order valence-electron chi connectivity index (χ1n) is 12.8. The van der Waals surface area contributed by atoms with Crippen LogP contribution in [0, 0.1) is 17.8 Å². The molecule has 0 aliphatic carbocycles. The van der Waals surface area contributed by atoms with E-state index in [1.54, 1.807) is 11.3 Å².